The van der Waals surface area contributed by atoms with E-state index in [-0.39, 0.29) is 42.6 Å². The number of amides is 1. The molecular weight excluding hydrogens is 359 g/mol. The second kappa shape index (κ2) is 9.17. The summed E-state index contributed by atoms with van der Waals surface area (Å²) in [7, 11) is 0. The summed E-state index contributed by atoms with van der Waals surface area (Å²) in [6.07, 6.45) is 3.82. The Morgan fingerprint density at radius 2 is 2.35 bits per heavy atom. The Morgan fingerprint density at radius 1 is 1.52 bits per heavy atom. The number of hydrogen-bond donors (Lipinski definition) is 2. The van der Waals surface area contributed by atoms with E-state index in [1.54, 1.807) is 22.3 Å². The van der Waals surface area contributed by atoms with E-state index < -0.39 is 0 Å². The first-order valence-corrected chi connectivity index (χ1v) is 7.91. The lowest BCUT2D eigenvalue weighted by Crippen LogP contribution is -2.32. The summed E-state index contributed by atoms with van der Waals surface area (Å²) >= 11 is 1.57. The smallest absolute Gasteiger partial charge is 0.291 e. The fourth-order valence-electron chi connectivity index (χ4n) is 2.35. The summed E-state index contributed by atoms with van der Waals surface area (Å²) in [5.41, 5.74) is 0.863. The highest BCUT2D eigenvalue weighted by Gasteiger charge is 2.18. The van der Waals surface area contributed by atoms with E-state index in [0.717, 1.165) is 36.6 Å². The van der Waals surface area contributed by atoms with Gasteiger partial charge in [0.15, 0.2) is 0 Å². The van der Waals surface area contributed by atoms with Crippen molar-refractivity contribution < 1.29 is 4.79 Å². The Kier molecular flexibility index (Phi) is 7.90. The molecule has 3 rings (SSSR count). The zero-order valence-corrected chi connectivity index (χ0v) is 15.1. The first-order chi connectivity index (χ1) is 10.2. The van der Waals surface area contributed by atoms with Gasteiger partial charge < -0.3 is 10.6 Å². The predicted octanol–water partition coefficient (Wildman–Crippen LogP) is 1.74. The number of aryl methyl sites for hydroxylation is 1. The second-order valence-corrected chi connectivity index (χ2v) is 6.15. The zero-order chi connectivity index (χ0) is 14.7. The van der Waals surface area contributed by atoms with E-state index in [9.17, 15) is 4.79 Å². The molecule has 1 amide bonds. The number of carbonyl (C=O) groups excluding carboxylic acids is 1. The molecule has 0 saturated carbocycles. The van der Waals surface area contributed by atoms with Gasteiger partial charge >= 0.3 is 0 Å². The number of aromatic nitrogens is 4. The number of nitrogens with zero attached hydrogens (tertiary/aromatic N) is 4. The molecule has 3 heterocycles. The van der Waals surface area contributed by atoms with Crippen LogP contribution in [0.15, 0.2) is 11.7 Å². The lowest BCUT2D eigenvalue weighted by molar-refractivity contribution is 0.0939. The van der Waals surface area contributed by atoms with Crippen LogP contribution in [0, 0.1) is 6.92 Å². The number of nitrogens with one attached hydrogen (secondary N) is 2. The normalized spacial score (nSPS) is 17.0. The van der Waals surface area contributed by atoms with Crippen LogP contribution in [-0.4, -0.2) is 38.7 Å². The number of piperidine rings is 1. The highest BCUT2D eigenvalue weighted by molar-refractivity contribution is 7.09. The van der Waals surface area contributed by atoms with Gasteiger partial charge in [0, 0.05) is 11.9 Å². The molecule has 0 spiro atoms. The monoisotopic (exact) mass is 378 g/mol. The molecule has 1 fully saturated rings. The van der Waals surface area contributed by atoms with Crippen molar-refractivity contribution in [2.24, 2.45) is 0 Å². The van der Waals surface area contributed by atoms with E-state index in [2.05, 4.69) is 25.7 Å². The molecule has 2 aromatic rings. The van der Waals surface area contributed by atoms with Crippen molar-refractivity contribution in [3.05, 3.63) is 28.2 Å². The zero-order valence-electron chi connectivity index (χ0n) is 12.7. The van der Waals surface area contributed by atoms with Crippen LogP contribution in [0.3, 0.4) is 0 Å². The lowest BCUT2D eigenvalue weighted by Gasteiger charge is -2.22. The first-order valence-electron chi connectivity index (χ1n) is 7.03. The summed E-state index contributed by atoms with van der Waals surface area (Å²) in [6.45, 7) is 4.27. The van der Waals surface area contributed by atoms with E-state index in [1.165, 1.54) is 0 Å². The van der Waals surface area contributed by atoms with Crippen LogP contribution in [0.5, 0.6) is 0 Å². The molecule has 0 radical (unpaired) electrons. The van der Waals surface area contributed by atoms with Gasteiger partial charge in [0.25, 0.3) is 5.91 Å². The Bertz CT molecular complexity index is 626. The van der Waals surface area contributed by atoms with Gasteiger partial charge in [-0.3, -0.25) is 4.79 Å². The molecule has 1 unspecified atom stereocenters. The Hall–Kier alpha value is -1.22. The van der Waals surface area contributed by atoms with Gasteiger partial charge in [-0.25, -0.2) is 14.6 Å². The molecule has 128 valence electrons. The molecule has 1 aliphatic rings. The van der Waals surface area contributed by atoms with Crippen molar-refractivity contribution in [1.82, 2.24) is 30.4 Å². The van der Waals surface area contributed by atoms with Gasteiger partial charge in [0.2, 0.25) is 5.82 Å². The molecule has 1 atom stereocenters. The minimum Gasteiger partial charge on any atom is -0.344 e. The van der Waals surface area contributed by atoms with Crippen LogP contribution in [0.4, 0.5) is 0 Å². The summed E-state index contributed by atoms with van der Waals surface area (Å²) in [5.74, 6) is -0.0457. The van der Waals surface area contributed by atoms with Crippen molar-refractivity contribution in [2.75, 3.05) is 13.1 Å². The average Bonchev–Trinajstić information content (AvgIpc) is 3.15. The van der Waals surface area contributed by atoms with Crippen LogP contribution in [-0.2, 0) is 6.54 Å². The molecule has 0 aromatic carbocycles. The first kappa shape index (κ1) is 19.8. The predicted molar refractivity (Wildman–Crippen MR) is 93.7 cm³/mol. The number of hydrogen-bond acceptors (Lipinski definition) is 6. The van der Waals surface area contributed by atoms with E-state index in [4.69, 9.17) is 0 Å². The SMILES string of the molecule is Cc1nc(CNC(=O)c2ncn(C3CCCNC3)n2)cs1.Cl.Cl. The maximum Gasteiger partial charge on any atom is 0.291 e. The number of halogens is 2. The molecule has 0 bridgehead atoms. The number of rotatable bonds is 4. The summed E-state index contributed by atoms with van der Waals surface area (Å²) in [5, 5.41) is 13.3. The Morgan fingerprint density at radius 3 is 3.00 bits per heavy atom. The average molecular weight is 379 g/mol. The minimum absolute atomic E-state index is 0. The third-order valence-corrected chi connectivity index (χ3v) is 4.28. The summed E-state index contributed by atoms with van der Waals surface area (Å²) in [4.78, 5) is 20.4. The lowest BCUT2D eigenvalue weighted by atomic mass is 10.1. The summed E-state index contributed by atoms with van der Waals surface area (Å²) < 4.78 is 1.79. The van der Waals surface area contributed by atoms with Crippen LogP contribution in [0.1, 0.15) is 40.2 Å². The number of carbonyl (C=O) groups is 1. The number of thiazole rings is 1. The highest BCUT2D eigenvalue weighted by atomic mass is 35.5. The van der Waals surface area contributed by atoms with E-state index in [1.807, 2.05) is 12.3 Å². The largest absolute Gasteiger partial charge is 0.344 e. The van der Waals surface area contributed by atoms with Crippen molar-refractivity contribution in [1.29, 1.82) is 0 Å². The highest BCUT2D eigenvalue weighted by Crippen LogP contribution is 2.14. The van der Waals surface area contributed by atoms with Gasteiger partial charge in [0.05, 0.1) is 23.3 Å². The van der Waals surface area contributed by atoms with Gasteiger partial charge in [-0.2, -0.15) is 0 Å². The van der Waals surface area contributed by atoms with Gasteiger partial charge in [-0.15, -0.1) is 41.2 Å². The Labute approximate surface area is 151 Å². The van der Waals surface area contributed by atoms with Gasteiger partial charge in [0.1, 0.15) is 6.33 Å². The molecule has 7 nitrogen and oxygen atoms in total. The molecule has 2 N–H and O–H groups in total. The van der Waals surface area contributed by atoms with Crippen LogP contribution in [0.2, 0.25) is 0 Å². The van der Waals surface area contributed by atoms with E-state index >= 15 is 0 Å². The molecular formula is C13H20Cl2N6OS. The fourth-order valence-corrected chi connectivity index (χ4v) is 2.97. The standard InChI is InChI=1S/C13H18N6OS.2ClH/c1-9-17-10(7-21-9)5-15-13(20)12-16-8-19(18-12)11-3-2-4-14-6-11;;/h7-8,11,14H,2-6H2,1H3,(H,15,20);2*1H. The van der Waals surface area contributed by atoms with Crippen LogP contribution in [0.25, 0.3) is 0 Å². The van der Waals surface area contributed by atoms with Crippen molar-refractivity contribution in [3.63, 3.8) is 0 Å². The molecule has 0 aliphatic carbocycles. The topological polar surface area (TPSA) is 84.7 Å². The van der Waals surface area contributed by atoms with Crippen molar-refractivity contribution in [2.45, 2.75) is 32.4 Å². The second-order valence-electron chi connectivity index (χ2n) is 5.09. The third kappa shape index (κ3) is 5.13. The third-order valence-electron chi connectivity index (χ3n) is 3.45. The van der Waals surface area contributed by atoms with Gasteiger partial charge in [-0.05, 0) is 26.3 Å². The molecule has 1 saturated heterocycles. The van der Waals surface area contributed by atoms with Crippen molar-refractivity contribution in [3.8, 4) is 0 Å². The molecule has 1 aliphatic heterocycles. The van der Waals surface area contributed by atoms with Crippen LogP contribution >= 0.6 is 36.2 Å². The summed E-state index contributed by atoms with van der Waals surface area (Å²) in [6, 6.07) is 0.286. The fraction of sp³-hybridized carbons (Fsp3) is 0.538. The Balaban J connectivity index is 0.00000132. The molecule has 2 aromatic heterocycles. The van der Waals surface area contributed by atoms with Crippen LogP contribution < -0.4 is 10.6 Å². The van der Waals surface area contributed by atoms with Crippen molar-refractivity contribution >= 4 is 42.1 Å². The van der Waals surface area contributed by atoms with E-state index in [0.29, 0.717) is 6.54 Å². The molecule has 10 heteroatoms. The minimum atomic E-state index is -0.261. The molecule has 23 heavy (non-hydrogen) atoms. The quantitative estimate of drug-likeness (QED) is 0.846. The van der Waals surface area contributed by atoms with Gasteiger partial charge in [-0.1, -0.05) is 0 Å². The maximum atomic E-state index is 12.0. The maximum absolute atomic E-state index is 12.0.